The first-order chi connectivity index (χ1) is 7.13. The molecule has 0 radical (unpaired) electrons. The molecule has 5 nitrogen and oxygen atoms in total. The van der Waals surface area contributed by atoms with E-state index in [9.17, 15) is 0 Å². The molecule has 1 aliphatic rings. The molecule has 2 N–H and O–H groups in total. The molecule has 0 amide bonds. The monoisotopic (exact) mass is 210 g/mol. The molecule has 1 aromatic rings. The molecule has 0 aliphatic heterocycles. The second kappa shape index (κ2) is 3.81. The van der Waals surface area contributed by atoms with Crippen LogP contribution in [0, 0.1) is 0 Å². The van der Waals surface area contributed by atoms with Gasteiger partial charge in [-0.25, -0.2) is 0 Å². The average Bonchev–Trinajstić information content (AvgIpc) is 2.75. The molecule has 1 atom stereocenters. The molecule has 1 saturated carbocycles. The number of anilines is 1. The zero-order chi connectivity index (χ0) is 10.9. The summed E-state index contributed by atoms with van der Waals surface area (Å²) >= 11 is 0. The van der Waals surface area contributed by atoms with Gasteiger partial charge in [-0.15, -0.1) is 5.10 Å². The van der Waals surface area contributed by atoms with Crippen LogP contribution in [0.5, 0.6) is 0 Å². The number of aromatic nitrogens is 2. The van der Waals surface area contributed by atoms with E-state index in [0.29, 0.717) is 11.9 Å². The largest absolute Gasteiger partial charge is 0.406 e. The minimum Gasteiger partial charge on any atom is -0.406 e. The van der Waals surface area contributed by atoms with Gasteiger partial charge >= 0.3 is 6.01 Å². The third-order valence-corrected chi connectivity index (χ3v) is 2.73. The Kier molecular flexibility index (Phi) is 2.65. The van der Waals surface area contributed by atoms with Crippen molar-refractivity contribution in [1.29, 1.82) is 0 Å². The fraction of sp³-hybridized carbons (Fsp3) is 0.800. The van der Waals surface area contributed by atoms with E-state index in [0.717, 1.165) is 6.54 Å². The van der Waals surface area contributed by atoms with E-state index in [1.165, 1.54) is 12.8 Å². The van der Waals surface area contributed by atoms with Crippen molar-refractivity contribution >= 4 is 6.01 Å². The number of nitrogens with one attached hydrogen (secondary N) is 2. The summed E-state index contributed by atoms with van der Waals surface area (Å²) in [6.07, 6.45) is 2.35. The van der Waals surface area contributed by atoms with Gasteiger partial charge < -0.3 is 15.1 Å². The Hall–Kier alpha value is -1.10. The summed E-state index contributed by atoms with van der Waals surface area (Å²) in [6, 6.07) is 0.653. The van der Waals surface area contributed by atoms with Gasteiger partial charge in [0.15, 0.2) is 0 Å². The van der Waals surface area contributed by atoms with Crippen LogP contribution in [0.4, 0.5) is 6.01 Å². The number of nitrogens with zero attached hydrogens (tertiary/aromatic N) is 2. The summed E-state index contributed by atoms with van der Waals surface area (Å²) < 4.78 is 5.52. The second-order valence-electron chi connectivity index (χ2n) is 4.41. The average molecular weight is 210 g/mol. The Balaban J connectivity index is 1.97. The number of rotatable bonds is 5. The molecule has 1 fully saturated rings. The van der Waals surface area contributed by atoms with Crippen molar-refractivity contribution in [3.63, 3.8) is 0 Å². The molecule has 1 unspecified atom stereocenters. The Morgan fingerprint density at radius 3 is 2.80 bits per heavy atom. The minimum absolute atomic E-state index is 0.116. The van der Waals surface area contributed by atoms with Crippen LogP contribution in [0.2, 0.25) is 0 Å². The normalized spacial score (nSPS) is 19.9. The predicted octanol–water partition coefficient (Wildman–Crippen LogP) is 1.70. The minimum atomic E-state index is 0.116. The maximum Gasteiger partial charge on any atom is 0.315 e. The van der Waals surface area contributed by atoms with Crippen LogP contribution < -0.4 is 10.6 Å². The Labute approximate surface area is 89.6 Å². The van der Waals surface area contributed by atoms with Crippen molar-refractivity contribution in [2.45, 2.75) is 45.2 Å². The van der Waals surface area contributed by atoms with Crippen molar-refractivity contribution in [3.05, 3.63) is 5.89 Å². The lowest BCUT2D eigenvalue weighted by atomic mass is 10.3. The molecule has 5 heteroatoms. The van der Waals surface area contributed by atoms with Crippen molar-refractivity contribution in [3.8, 4) is 0 Å². The molecule has 15 heavy (non-hydrogen) atoms. The maximum atomic E-state index is 5.52. The lowest BCUT2D eigenvalue weighted by Gasteiger charge is -2.08. The third kappa shape index (κ3) is 2.47. The first-order valence-corrected chi connectivity index (χ1v) is 5.48. The summed E-state index contributed by atoms with van der Waals surface area (Å²) in [5.41, 5.74) is 0.186. The second-order valence-corrected chi connectivity index (χ2v) is 4.41. The fourth-order valence-electron chi connectivity index (χ4n) is 1.42. The molecular weight excluding hydrogens is 192 g/mol. The molecule has 0 bridgehead atoms. The zero-order valence-corrected chi connectivity index (χ0v) is 9.50. The van der Waals surface area contributed by atoms with Crippen LogP contribution in [0.15, 0.2) is 4.42 Å². The van der Waals surface area contributed by atoms with Crippen LogP contribution in [0.3, 0.4) is 0 Å². The topological polar surface area (TPSA) is 63.0 Å². The smallest absolute Gasteiger partial charge is 0.315 e. The Morgan fingerprint density at radius 1 is 1.47 bits per heavy atom. The molecule has 2 rings (SSSR count). The quantitative estimate of drug-likeness (QED) is 0.774. The first kappa shape index (κ1) is 10.4. The van der Waals surface area contributed by atoms with Gasteiger partial charge in [-0.3, -0.25) is 0 Å². The highest BCUT2D eigenvalue weighted by atomic mass is 16.4. The van der Waals surface area contributed by atoms with Gasteiger partial charge in [-0.05, 0) is 33.2 Å². The SMILES string of the molecule is CCNC(C)c1nnc(NC2(C)CC2)o1. The lowest BCUT2D eigenvalue weighted by Crippen LogP contribution is -2.18. The van der Waals surface area contributed by atoms with Crippen LogP contribution >= 0.6 is 0 Å². The molecule has 1 heterocycles. The molecular formula is C10H18N4O. The van der Waals surface area contributed by atoms with Gasteiger partial charge in [-0.2, -0.15) is 0 Å². The predicted molar refractivity (Wildman–Crippen MR) is 57.7 cm³/mol. The van der Waals surface area contributed by atoms with E-state index in [2.05, 4.69) is 34.7 Å². The molecule has 0 aromatic carbocycles. The Bertz CT molecular complexity index is 332. The molecule has 0 saturated heterocycles. The summed E-state index contributed by atoms with van der Waals surface area (Å²) in [4.78, 5) is 0. The standard InChI is InChI=1S/C10H18N4O/c1-4-11-7(2)8-13-14-9(15-8)12-10(3)5-6-10/h7,11H,4-6H2,1-3H3,(H,12,14). The molecule has 0 spiro atoms. The highest BCUT2D eigenvalue weighted by molar-refractivity contribution is 5.28. The van der Waals surface area contributed by atoms with Gasteiger partial charge in [0.2, 0.25) is 5.89 Å². The number of hydrogen-bond donors (Lipinski definition) is 2. The van der Waals surface area contributed by atoms with E-state index in [4.69, 9.17) is 4.42 Å². The van der Waals surface area contributed by atoms with E-state index in [1.54, 1.807) is 0 Å². The highest BCUT2D eigenvalue weighted by Gasteiger charge is 2.38. The summed E-state index contributed by atoms with van der Waals surface area (Å²) in [5, 5.41) is 14.5. The summed E-state index contributed by atoms with van der Waals surface area (Å²) in [6.45, 7) is 7.12. The van der Waals surface area contributed by atoms with E-state index >= 15 is 0 Å². The molecule has 1 aliphatic carbocycles. The van der Waals surface area contributed by atoms with Crippen LogP contribution in [0.1, 0.15) is 45.5 Å². The van der Waals surface area contributed by atoms with E-state index < -0.39 is 0 Å². The molecule has 1 aromatic heterocycles. The summed E-state index contributed by atoms with van der Waals surface area (Å²) in [5.74, 6) is 0.642. The van der Waals surface area contributed by atoms with Gasteiger partial charge in [0.25, 0.3) is 0 Å². The fourth-order valence-corrected chi connectivity index (χ4v) is 1.42. The maximum absolute atomic E-state index is 5.52. The van der Waals surface area contributed by atoms with E-state index in [-0.39, 0.29) is 11.6 Å². The van der Waals surface area contributed by atoms with Gasteiger partial charge in [0.05, 0.1) is 6.04 Å². The number of hydrogen-bond acceptors (Lipinski definition) is 5. The van der Waals surface area contributed by atoms with Crippen molar-refractivity contribution in [1.82, 2.24) is 15.5 Å². The third-order valence-electron chi connectivity index (χ3n) is 2.73. The van der Waals surface area contributed by atoms with Crippen molar-refractivity contribution < 1.29 is 4.42 Å². The van der Waals surface area contributed by atoms with Crippen LogP contribution in [0.25, 0.3) is 0 Å². The highest BCUT2D eigenvalue weighted by Crippen LogP contribution is 2.37. The van der Waals surface area contributed by atoms with E-state index in [1.807, 2.05) is 6.92 Å². The van der Waals surface area contributed by atoms with Gasteiger partial charge in [-0.1, -0.05) is 12.0 Å². The lowest BCUT2D eigenvalue weighted by molar-refractivity contribution is 0.426. The summed E-state index contributed by atoms with van der Waals surface area (Å²) in [7, 11) is 0. The van der Waals surface area contributed by atoms with Crippen molar-refractivity contribution in [2.75, 3.05) is 11.9 Å². The Morgan fingerprint density at radius 2 is 2.20 bits per heavy atom. The van der Waals surface area contributed by atoms with Crippen LogP contribution in [-0.4, -0.2) is 22.3 Å². The molecule has 84 valence electrons. The first-order valence-electron chi connectivity index (χ1n) is 5.48. The van der Waals surface area contributed by atoms with Gasteiger partial charge in [0.1, 0.15) is 0 Å². The zero-order valence-electron chi connectivity index (χ0n) is 9.50. The van der Waals surface area contributed by atoms with Crippen molar-refractivity contribution in [2.24, 2.45) is 0 Å². The van der Waals surface area contributed by atoms with Crippen LogP contribution in [-0.2, 0) is 0 Å². The van der Waals surface area contributed by atoms with Gasteiger partial charge in [0, 0.05) is 5.54 Å².